The quantitative estimate of drug-likeness (QED) is 0.620. The van der Waals surface area contributed by atoms with Gasteiger partial charge in [0.1, 0.15) is 0 Å². The normalized spacial score (nSPS) is 16.0. The summed E-state index contributed by atoms with van der Waals surface area (Å²) in [6.07, 6.45) is 0. The third-order valence-electron chi connectivity index (χ3n) is 1.90. The summed E-state index contributed by atoms with van der Waals surface area (Å²) in [6, 6.07) is 0.594. The van der Waals surface area contributed by atoms with Gasteiger partial charge in [-0.25, -0.2) is 0 Å². The third kappa shape index (κ3) is 5.86. The lowest BCUT2D eigenvalue weighted by Crippen LogP contribution is -2.33. The number of ether oxygens (including phenoxy) is 1. The second-order valence-electron chi connectivity index (χ2n) is 2.92. The van der Waals surface area contributed by atoms with Crippen molar-refractivity contribution in [2.45, 2.75) is 32.1 Å². The Balaban J connectivity index is 3.35. The molecule has 1 N–H and O–H groups in total. The highest BCUT2D eigenvalue weighted by Gasteiger charge is 2.09. The molecule has 0 aliphatic carbocycles. The van der Waals surface area contributed by atoms with Crippen molar-refractivity contribution in [1.29, 1.82) is 0 Å². The van der Waals surface area contributed by atoms with Gasteiger partial charge in [-0.05, 0) is 13.5 Å². The first-order valence-electron chi connectivity index (χ1n) is 4.56. The van der Waals surface area contributed by atoms with E-state index in [1.807, 2.05) is 11.8 Å². The van der Waals surface area contributed by atoms with Crippen LogP contribution in [-0.4, -0.2) is 37.3 Å². The molecule has 0 aromatic carbocycles. The number of methoxy groups -OCH3 is 1. The van der Waals surface area contributed by atoms with E-state index in [4.69, 9.17) is 4.74 Å². The van der Waals surface area contributed by atoms with Gasteiger partial charge >= 0.3 is 0 Å². The van der Waals surface area contributed by atoms with Crippen molar-refractivity contribution >= 4 is 11.8 Å². The van der Waals surface area contributed by atoms with Crippen LogP contribution in [0.25, 0.3) is 0 Å². The van der Waals surface area contributed by atoms with Gasteiger partial charge in [-0.15, -0.1) is 0 Å². The van der Waals surface area contributed by atoms with E-state index in [1.54, 1.807) is 7.11 Å². The van der Waals surface area contributed by atoms with Crippen molar-refractivity contribution in [3.8, 4) is 0 Å². The maximum atomic E-state index is 4.99. The first-order chi connectivity index (χ1) is 5.72. The van der Waals surface area contributed by atoms with Gasteiger partial charge in [-0.3, -0.25) is 0 Å². The maximum absolute atomic E-state index is 4.99. The average molecular weight is 191 g/mol. The van der Waals surface area contributed by atoms with Gasteiger partial charge in [-0.1, -0.05) is 13.8 Å². The Morgan fingerprint density at radius 2 is 2.08 bits per heavy atom. The summed E-state index contributed by atoms with van der Waals surface area (Å²) in [5.74, 6) is 1.09. The van der Waals surface area contributed by atoms with Crippen molar-refractivity contribution in [1.82, 2.24) is 5.32 Å². The molecule has 74 valence electrons. The van der Waals surface area contributed by atoms with Crippen molar-refractivity contribution in [2.75, 3.05) is 26.0 Å². The molecule has 0 amide bonds. The van der Waals surface area contributed by atoms with Crippen LogP contribution >= 0.6 is 11.8 Å². The molecule has 0 saturated heterocycles. The molecule has 0 heterocycles. The van der Waals surface area contributed by atoms with E-state index < -0.39 is 0 Å². The second-order valence-corrected chi connectivity index (χ2v) is 4.40. The minimum absolute atomic E-state index is 0.594. The van der Waals surface area contributed by atoms with E-state index in [0.717, 1.165) is 18.9 Å². The molecule has 2 unspecified atom stereocenters. The topological polar surface area (TPSA) is 21.3 Å². The highest BCUT2D eigenvalue weighted by molar-refractivity contribution is 7.99. The van der Waals surface area contributed by atoms with Crippen LogP contribution in [0, 0.1) is 0 Å². The molecule has 12 heavy (non-hydrogen) atoms. The molecular formula is C9H21NOS. The van der Waals surface area contributed by atoms with E-state index >= 15 is 0 Å². The van der Waals surface area contributed by atoms with Crippen LogP contribution < -0.4 is 5.32 Å². The zero-order valence-corrected chi connectivity index (χ0v) is 9.41. The molecule has 0 aliphatic rings. The predicted octanol–water partition coefficient (Wildman–Crippen LogP) is 1.75. The van der Waals surface area contributed by atoms with Gasteiger partial charge in [-0.2, -0.15) is 11.8 Å². The molecule has 0 saturated carbocycles. The van der Waals surface area contributed by atoms with E-state index in [1.165, 1.54) is 0 Å². The standard InChI is InChI=1S/C9H21NOS/c1-5-10-8(2)9(3)12-7-6-11-4/h8-10H,5-7H2,1-4H3. The zero-order valence-electron chi connectivity index (χ0n) is 8.59. The van der Waals surface area contributed by atoms with E-state index in [2.05, 4.69) is 26.1 Å². The number of hydrogen-bond acceptors (Lipinski definition) is 3. The van der Waals surface area contributed by atoms with Crippen LogP contribution in [-0.2, 0) is 4.74 Å². The summed E-state index contributed by atoms with van der Waals surface area (Å²) in [7, 11) is 1.75. The van der Waals surface area contributed by atoms with Crippen molar-refractivity contribution in [2.24, 2.45) is 0 Å². The molecule has 0 spiro atoms. The minimum atomic E-state index is 0.594. The lowest BCUT2D eigenvalue weighted by Gasteiger charge is -2.19. The largest absolute Gasteiger partial charge is 0.384 e. The SMILES string of the molecule is CCNC(C)C(C)SCCOC. The summed E-state index contributed by atoms with van der Waals surface area (Å²) < 4.78 is 4.99. The van der Waals surface area contributed by atoms with Crippen molar-refractivity contribution in [3.05, 3.63) is 0 Å². The molecule has 0 bridgehead atoms. The molecule has 3 heteroatoms. The highest BCUT2D eigenvalue weighted by Crippen LogP contribution is 2.13. The first kappa shape index (κ1) is 12.3. The highest BCUT2D eigenvalue weighted by atomic mass is 32.2. The Hall–Kier alpha value is 0.270. The summed E-state index contributed by atoms with van der Waals surface area (Å²) in [5, 5.41) is 4.08. The van der Waals surface area contributed by atoms with Gasteiger partial charge in [0.25, 0.3) is 0 Å². The summed E-state index contributed by atoms with van der Waals surface area (Å²) in [4.78, 5) is 0. The lowest BCUT2D eigenvalue weighted by molar-refractivity contribution is 0.218. The molecule has 0 aromatic heterocycles. The molecule has 0 rings (SSSR count). The van der Waals surface area contributed by atoms with E-state index in [-0.39, 0.29) is 0 Å². The summed E-state index contributed by atoms with van der Waals surface area (Å²) >= 11 is 1.96. The van der Waals surface area contributed by atoms with Crippen LogP contribution in [0.2, 0.25) is 0 Å². The molecule has 0 aliphatic heterocycles. The fraction of sp³-hybridized carbons (Fsp3) is 1.00. The fourth-order valence-electron chi connectivity index (χ4n) is 0.950. The van der Waals surface area contributed by atoms with Gasteiger partial charge in [0.15, 0.2) is 0 Å². The first-order valence-corrected chi connectivity index (χ1v) is 5.61. The Kier molecular flexibility index (Phi) is 8.07. The van der Waals surface area contributed by atoms with Crippen LogP contribution in [0.1, 0.15) is 20.8 Å². The van der Waals surface area contributed by atoms with Gasteiger partial charge in [0.2, 0.25) is 0 Å². The smallest absolute Gasteiger partial charge is 0.0553 e. The minimum Gasteiger partial charge on any atom is -0.384 e. The Labute approximate surface area is 80.4 Å². The molecule has 0 fully saturated rings. The molecular weight excluding hydrogens is 170 g/mol. The van der Waals surface area contributed by atoms with Crippen molar-refractivity contribution in [3.63, 3.8) is 0 Å². The van der Waals surface area contributed by atoms with Gasteiger partial charge in [0, 0.05) is 24.2 Å². The average Bonchev–Trinajstić information content (AvgIpc) is 2.05. The van der Waals surface area contributed by atoms with Gasteiger partial charge in [0.05, 0.1) is 6.61 Å². The number of hydrogen-bond donors (Lipinski definition) is 1. The Morgan fingerprint density at radius 3 is 2.58 bits per heavy atom. The van der Waals surface area contributed by atoms with E-state index in [9.17, 15) is 0 Å². The molecule has 2 nitrogen and oxygen atoms in total. The van der Waals surface area contributed by atoms with Crippen molar-refractivity contribution < 1.29 is 4.74 Å². The lowest BCUT2D eigenvalue weighted by atomic mass is 10.2. The number of rotatable bonds is 7. The zero-order chi connectivity index (χ0) is 9.40. The molecule has 0 radical (unpaired) electrons. The second kappa shape index (κ2) is 7.90. The Bertz CT molecular complexity index is 101. The van der Waals surface area contributed by atoms with Crippen LogP contribution in [0.15, 0.2) is 0 Å². The Morgan fingerprint density at radius 1 is 1.42 bits per heavy atom. The summed E-state index contributed by atoms with van der Waals surface area (Å²) in [5.41, 5.74) is 0. The number of nitrogens with one attached hydrogen (secondary N) is 1. The monoisotopic (exact) mass is 191 g/mol. The van der Waals surface area contributed by atoms with Crippen LogP contribution in [0.4, 0.5) is 0 Å². The predicted molar refractivity (Wildman–Crippen MR) is 56.9 cm³/mol. The van der Waals surface area contributed by atoms with E-state index in [0.29, 0.717) is 11.3 Å². The third-order valence-corrected chi connectivity index (χ3v) is 3.23. The fourth-order valence-corrected chi connectivity index (χ4v) is 1.97. The molecule has 2 atom stereocenters. The van der Waals surface area contributed by atoms with Gasteiger partial charge < -0.3 is 10.1 Å². The summed E-state index contributed by atoms with van der Waals surface area (Å²) in [6.45, 7) is 8.54. The molecule has 0 aromatic rings. The van der Waals surface area contributed by atoms with Crippen LogP contribution in [0.5, 0.6) is 0 Å². The maximum Gasteiger partial charge on any atom is 0.0553 e. The number of thioether (sulfide) groups is 1. The van der Waals surface area contributed by atoms with Crippen LogP contribution in [0.3, 0.4) is 0 Å².